The van der Waals surface area contributed by atoms with E-state index in [1.807, 2.05) is 30.3 Å². The van der Waals surface area contributed by atoms with Gasteiger partial charge in [0.05, 0.1) is 10.6 Å². The van der Waals surface area contributed by atoms with E-state index < -0.39 is 6.10 Å². The Bertz CT molecular complexity index is 441. The third-order valence-corrected chi connectivity index (χ3v) is 3.25. The zero-order chi connectivity index (χ0) is 11.4. The fraction of sp³-hybridized carbons (Fsp3) is 0.333. The van der Waals surface area contributed by atoms with Gasteiger partial charge in [-0.3, -0.25) is 0 Å². The minimum atomic E-state index is -0.595. The van der Waals surface area contributed by atoms with Crippen molar-refractivity contribution in [1.29, 1.82) is 0 Å². The average molecular weight is 234 g/mol. The second-order valence-corrected chi connectivity index (χ2v) is 4.43. The van der Waals surface area contributed by atoms with Crippen LogP contribution in [-0.2, 0) is 6.42 Å². The summed E-state index contributed by atoms with van der Waals surface area (Å²) in [4.78, 5) is 0.869. The summed E-state index contributed by atoms with van der Waals surface area (Å²) in [7, 11) is 0. The summed E-state index contributed by atoms with van der Waals surface area (Å²) in [6, 6.07) is 9.62. The summed E-state index contributed by atoms with van der Waals surface area (Å²) in [5.41, 5.74) is 1.81. The van der Waals surface area contributed by atoms with Crippen LogP contribution in [0, 0.1) is 0 Å². The molecule has 0 aliphatic rings. The van der Waals surface area contributed by atoms with Gasteiger partial charge in [0.1, 0.15) is 6.10 Å². The molecule has 16 heavy (non-hydrogen) atoms. The van der Waals surface area contributed by atoms with E-state index in [0.717, 1.165) is 29.0 Å². The van der Waals surface area contributed by atoms with Crippen LogP contribution in [-0.4, -0.2) is 14.7 Å². The zero-order valence-electron chi connectivity index (χ0n) is 9.13. The number of benzene rings is 1. The number of aliphatic hydroxyl groups excluding tert-OH is 1. The predicted octanol–water partition coefficient (Wildman–Crippen LogP) is 2.57. The standard InChI is InChI=1S/C12H14N2OS/c1-2-6-10-12(16-14-13-10)11(15)9-7-4-3-5-8-9/h3-5,7-8,11,15H,2,6H2,1H3. The fourth-order valence-electron chi connectivity index (χ4n) is 1.62. The Morgan fingerprint density at radius 3 is 2.75 bits per heavy atom. The molecule has 0 fully saturated rings. The predicted molar refractivity (Wildman–Crippen MR) is 64.4 cm³/mol. The van der Waals surface area contributed by atoms with Gasteiger partial charge in [-0.25, -0.2) is 0 Å². The van der Waals surface area contributed by atoms with Crippen LogP contribution < -0.4 is 0 Å². The highest BCUT2D eigenvalue weighted by atomic mass is 32.1. The Labute approximate surface area is 98.9 Å². The third kappa shape index (κ3) is 2.28. The van der Waals surface area contributed by atoms with Gasteiger partial charge in [-0.05, 0) is 23.5 Å². The lowest BCUT2D eigenvalue weighted by atomic mass is 10.1. The molecule has 1 N–H and O–H groups in total. The van der Waals surface area contributed by atoms with Gasteiger partial charge in [0, 0.05) is 0 Å². The zero-order valence-corrected chi connectivity index (χ0v) is 9.94. The molecule has 1 heterocycles. The molecule has 2 aromatic rings. The number of nitrogens with zero attached hydrogens (tertiary/aromatic N) is 2. The molecule has 0 aliphatic carbocycles. The molecule has 0 saturated heterocycles. The maximum Gasteiger partial charge on any atom is 0.117 e. The van der Waals surface area contributed by atoms with E-state index in [2.05, 4.69) is 16.5 Å². The van der Waals surface area contributed by atoms with Crippen molar-refractivity contribution in [2.45, 2.75) is 25.9 Å². The number of rotatable bonds is 4. The van der Waals surface area contributed by atoms with Crippen molar-refractivity contribution in [3.63, 3.8) is 0 Å². The summed E-state index contributed by atoms with van der Waals surface area (Å²) < 4.78 is 3.92. The molecule has 4 heteroatoms. The van der Waals surface area contributed by atoms with Crippen LogP contribution in [0.1, 0.15) is 35.6 Å². The first-order valence-electron chi connectivity index (χ1n) is 5.37. The van der Waals surface area contributed by atoms with Crippen molar-refractivity contribution in [2.75, 3.05) is 0 Å². The molecule has 1 atom stereocenters. The summed E-state index contributed by atoms with van der Waals surface area (Å²) >= 11 is 1.28. The molecule has 0 saturated carbocycles. The van der Waals surface area contributed by atoms with Crippen LogP contribution in [0.2, 0.25) is 0 Å². The molecule has 0 spiro atoms. The van der Waals surface area contributed by atoms with E-state index in [9.17, 15) is 5.11 Å². The van der Waals surface area contributed by atoms with Crippen LogP contribution in [0.4, 0.5) is 0 Å². The van der Waals surface area contributed by atoms with E-state index in [1.54, 1.807) is 0 Å². The number of aryl methyl sites for hydroxylation is 1. The Kier molecular flexibility index (Phi) is 3.64. The lowest BCUT2D eigenvalue weighted by Crippen LogP contribution is -2.01. The molecule has 84 valence electrons. The van der Waals surface area contributed by atoms with E-state index in [-0.39, 0.29) is 0 Å². The van der Waals surface area contributed by atoms with Crippen LogP contribution in [0.3, 0.4) is 0 Å². The molecule has 2 rings (SSSR count). The van der Waals surface area contributed by atoms with Gasteiger partial charge in [0.25, 0.3) is 0 Å². The lowest BCUT2D eigenvalue weighted by Gasteiger charge is -2.09. The van der Waals surface area contributed by atoms with Gasteiger partial charge in [0.15, 0.2) is 0 Å². The molecule has 0 bridgehead atoms. The second-order valence-electron chi connectivity index (χ2n) is 3.65. The van der Waals surface area contributed by atoms with Gasteiger partial charge in [-0.15, -0.1) is 5.10 Å². The summed E-state index contributed by atoms with van der Waals surface area (Å²) in [5, 5.41) is 14.3. The first-order chi connectivity index (χ1) is 7.83. The Morgan fingerprint density at radius 2 is 2.06 bits per heavy atom. The minimum absolute atomic E-state index is 0.595. The van der Waals surface area contributed by atoms with E-state index >= 15 is 0 Å². The summed E-state index contributed by atoms with van der Waals surface area (Å²) in [6.07, 6.45) is 1.29. The SMILES string of the molecule is CCCc1nnsc1C(O)c1ccccc1. The summed E-state index contributed by atoms with van der Waals surface area (Å²) in [6.45, 7) is 2.10. The normalized spacial score (nSPS) is 12.6. The van der Waals surface area contributed by atoms with Crippen molar-refractivity contribution >= 4 is 11.5 Å². The molecular weight excluding hydrogens is 220 g/mol. The number of aliphatic hydroxyl groups is 1. The van der Waals surface area contributed by atoms with Crippen molar-refractivity contribution < 1.29 is 5.11 Å². The maximum atomic E-state index is 10.2. The Morgan fingerprint density at radius 1 is 1.31 bits per heavy atom. The molecule has 0 amide bonds. The van der Waals surface area contributed by atoms with Gasteiger partial charge in [-0.2, -0.15) is 0 Å². The number of hydrogen-bond donors (Lipinski definition) is 1. The molecule has 1 unspecified atom stereocenters. The first-order valence-corrected chi connectivity index (χ1v) is 6.14. The van der Waals surface area contributed by atoms with Crippen LogP contribution in [0.5, 0.6) is 0 Å². The van der Waals surface area contributed by atoms with Gasteiger partial charge >= 0.3 is 0 Å². The van der Waals surface area contributed by atoms with Crippen molar-refractivity contribution in [1.82, 2.24) is 9.59 Å². The van der Waals surface area contributed by atoms with Crippen molar-refractivity contribution in [3.05, 3.63) is 46.5 Å². The lowest BCUT2D eigenvalue weighted by molar-refractivity contribution is 0.222. The van der Waals surface area contributed by atoms with E-state index in [4.69, 9.17) is 0 Å². The highest BCUT2D eigenvalue weighted by molar-refractivity contribution is 7.05. The van der Waals surface area contributed by atoms with Gasteiger partial charge < -0.3 is 5.11 Å². The van der Waals surface area contributed by atoms with Gasteiger partial charge in [0.2, 0.25) is 0 Å². The van der Waals surface area contributed by atoms with Crippen LogP contribution >= 0.6 is 11.5 Å². The fourth-order valence-corrected chi connectivity index (χ4v) is 2.33. The quantitative estimate of drug-likeness (QED) is 0.884. The van der Waals surface area contributed by atoms with Crippen molar-refractivity contribution in [3.8, 4) is 0 Å². The van der Waals surface area contributed by atoms with E-state index in [0.29, 0.717) is 0 Å². The largest absolute Gasteiger partial charge is 0.383 e. The van der Waals surface area contributed by atoms with Crippen LogP contribution in [0.15, 0.2) is 30.3 Å². The molecular formula is C12H14N2OS. The van der Waals surface area contributed by atoms with Crippen LogP contribution in [0.25, 0.3) is 0 Å². The average Bonchev–Trinajstić information content (AvgIpc) is 2.78. The van der Waals surface area contributed by atoms with E-state index in [1.165, 1.54) is 11.5 Å². The molecule has 1 aromatic carbocycles. The third-order valence-electron chi connectivity index (χ3n) is 2.44. The Hall–Kier alpha value is -1.26. The van der Waals surface area contributed by atoms with Gasteiger partial charge in [-0.1, -0.05) is 48.2 Å². The molecule has 0 aliphatic heterocycles. The number of hydrogen-bond acceptors (Lipinski definition) is 4. The highest BCUT2D eigenvalue weighted by Gasteiger charge is 2.17. The minimum Gasteiger partial charge on any atom is -0.383 e. The number of aromatic nitrogens is 2. The topological polar surface area (TPSA) is 46.0 Å². The molecule has 1 aromatic heterocycles. The molecule has 3 nitrogen and oxygen atoms in total. The monoisotopic (exact) mass is 234 g/mol. The first kappa shape index (κ1) is 11.2. The smallest absolute Gasteiger partial charge is 0.117 e. The summed E-state index contributed by atoms with van der Waals surface area (Å²) in [5.74, 6) is 0. The molecule has 0 radical (unpaired) electrons. The Balaban J connectivity index is 2.27. The second kappa shape index (κ2) is 5.18. The highest BCUT2D eigenvalue weighted by Crippen LogP contribution is 2.27. The van der Waals surface area contributed by atoms with Crippen molar-refractivity contribution in [2.24, 2.45) is 0 Å². The maximum absolute atomic E-state index is 10.2.